The Bertz CT molecular complexity index is 872. The zero-order valence-electron chi connectivity index (χ0n) is 19.7. The SMILES string of the molecule is O=C([O-])CN(CCN(CC(=O)[O-])CC(=O)[O-])CCN(CC(=O)[O-])C(COCc1ccccc1)C(=O)[O-].[Gd]. The van der Waals surface area contributed by atoms with Crippen molar-refractivity contribution in [2.45, 2.75) is 12.6 Å². The van der Waals surface area contributed by atoms with E-state index >= 15 is 0 Å². The second-order valence-electron chi connectivity index (χ2n) is 7.78. The van der Waals surface area contributed by atoms with Gasteiger partial charge in [0.1, 0.15) is 0 Å². The van der Waals surface area contributed by atoms with E-state index < -0.39 is 68.7 Å². The second kappa shape index (κ2) is 18.9. The first kappa shape index (κ1) is 34.7. The smallest absolute Gasteiger partial charge is 0.0734 e. The summed E-state index contributed by atoms with van der Waals surface area (Å²) in [5, 5.41) is 55.7. The number of carbonyl (C=O) groups is 5. The number of ether oxygens (including phenoxy) is 1. The van der Waals surface area contributed by atoms with E-state index in [1.54, 1.807) is 30.3 Å². The van der Waals surface area contributed by atoms with Crippen LogP contribution in [0.3, 0.4) is 0 Å². The first-order valence-electron chi connectivity index (χ1n) is 10.8. The van der Waals surface area contributed by atoms with Crippen LogP contribution in [0.5, 0.6) is 0 Å². The van der Waals surface area contributed by atoms with E-state index in [1.807, 2.05) is 0 Å². The number of aliphatic carboxylic acids is 5. The summed E-state index contributed by atoms with van der Waals surface area (Å²) in [4.78, 5) is 58.8. The van der Waals surface area contributed by atoms with Crippen molar-refractivity contribution in [3.05, 3.63) is 35.9 Å². The van der Waals surface area contributed by atoms with Crippen LogP contribution in [0.2, 0.25) is 0 Å². The maximum atomic E-state index is 11.7. The molecule has 1 aromatic carbocycles. The van der Waals surface area contributed by atoms with E-state index in [2.05, 4.69) is 0 Å². The third-order valence-corrected chi connectivity index (χ3v) is 4.93. The molecule has 0 aliphatic heterocycles. The summed E-state index contributed by atoms with van der Waals surface area (Å²) < 4.78 is 5.41. The Labute approximate surface area is 245 Å². The van der Waals surface area contributed by atoms with Crippen molar-refractivity contribution in [3.63, 3.8) is 0 Å². The molecule has 0 bridgehead atoms. The third-order valence-electron chi connectivity index (χ3n) is 4.93. The minimum atomic E-state index is -1.62. The Morgan fingerprint density at radius 1 is 0.676 bits per heavy atom. The van der Waals surface area contributed by atoms with Crippen LogP contribution >= 0.6 is 0 Å². The van der Waals surface area contributed by atoms with Gasteiger partial charge in [-0.05, 0) is 5.56 Å². The van der Waals surface area contributed by atoms with Gasteiger partial charge in [-0.3, -0.25) is 14.7 Å². The molecule has 37 heavy (non-hydrogen) atoms. The standard InChI is InChI=1S/C22H31N3O11.Gd/c26-18(27)10-23(6-7-24(11-19(28)29)12-20(30)31)8-9-25(13-21(32)33)17(22(34)35)15-36-14-16-4-2-1-3-5-16;/h1-5,17H,6-15H2,(H,26,27)(H,28,29)(H,30,31)(H,32,33)(H,34,35);/p-5. The summed E-state index contributed by atoms with van der Waals surface area (Å²) in [5.41, 5.74) is 0.749. The molecule has 15 heteroatoms. The molecule has 0 fully saturated rings. The molecule has 0 N–H and O–H groups in total. The summed E-state index contributed by atoms with van der Waals surface area (Å²) in [6, 6.07) is 7.27. The van der Waals surface area contributed by atoms with Crippen molar-refractivity contribution in [2.24, 2.45) is 0 Å². The van der Waals surface area contributed by atoms with Crippen LogP contribution in [-0.2, 0) is 35.3 Å². The average molecular weight is 666 g/mol. The van der Waals surface area contributed by atoms with Crippen LogP contribution in [0.1, 0.15) is 5.56 Å². The molecule has 0 radical (unpaired) electrons. The van der Waals surface area contributed by atoms with Crippen molar-refractivity contribution in [2.75, 3.05) is 59.0 Å². The van der Waals surface area contributed by atoms with Gasteiger partial charge < -0.3 is 54.2 Å². The molecule has 0 aliphatic rings. The summed E-state index contributed by atoms with van der Waals surface area (Å²) in [5.74, 6) is -7.85. The van der Waals surface area contributed by atoms with E-state index in [4.69, 9.17) is 4.74 Å². The predicted octanol–water partition coefficient (Wildman–Crippen LogP) is -7.77. The van der Waals surface area contributed by atoms with E-state index in [1.165, 1.54) is 4.90 Å². The average Bonchev–Trinajstić information content (AvgIpc) is 2.76. The largest absolute Gasteiger partial charge is 0.549 e. The Morgan fingerprint density at radius 2 is 1.14 bits per heavy atom. The zero-order valence-corrected chi connectivity index (χ0v) is 22.0. The molecule has 208 valence electrons. The maximum Gasteiger partial charge on any atom is 0.0734 e. The van der Waals surface area contributed by atoms with Gasteiger partial charge in [0.25, 0.3) is 0 Å². The van der Waals surface area contributed by atoms with Crippen molar-refractivity contribution < 1.29 is 94.2 Å². The minimum Gasteiger partial charge on any atom is -0.549 e. The number of hydrogen-bond acceptors (Lipinski definition) is 14. The number of carboxylic acids is 5. The van der Waals surface area contributed by atoms with Crippen LogP contribution in [0, 0.1) is 39.9 Å². The Kier molecular flexibility index (Phi) is 17.7. The van der Waals surface area contributed by atoms with Crippen molar-refractivity contribution in [1.82, 2.24) is 14.7 Å². The molecule has 14 nitrogen and oxygen atoms in total. The fourth-order valence-electron chi connectivity index (χ4n) is 3.28. The summed E-state index contributed by atoms with van der Waals surface area (Å²) in [6.07, 6.45) is 0. The molecule has 0 aromatic heterocycles. The molecule has 0 saturated carbocycles. The van der Waals surface area contributed by atoms with E-state index in [0.717, 1.165) is 15.4 Å². The molecule has 0 amide bonds. The third kappa shape index (κ3) is 16.2. The van der Waals surface area contributed by atoms with Crippen LogP contribution in [-0.4, -0.2) is 110 Å². The Morgan fingerprint density at radius 3 is 1.62 bits per heavy atom. The fraction of sp³-hybridized carbons (Fsp3) is 0.500. The molecule has 0 heterocycles. The normalized spacial score (nSPS) is 11.8. The molecule has 0 aliphatic carbocycles. The predicted molar refractivity (Wildman–Crippen MR) is 109 cm³/mol. The quantitative estimate of drug-likeness (QED) is 0.126. The number of hydrogen-bond donors (Lipinski definition) is 0. The number of carbonyl (C=O) groups excluding carboxylic acids is 5. The van der Waals surface area contributed by atoms with Crippen LogP contribution in [0.4, 0.5) is 0 Å². The van der Waals surface area contributed by atoms with E-state index in [-0.39, 0.29) is 72.7 Å². The van der Waals surface area contributed by atoms with E-state index in [9.17, 15) is 49.5 Å². The summed E-state index contributed by atoms with van der Waals surface area (Å²) >= 11 is 0. The Hall–Kier alpha value is -2.27. The van der Waals surface area contributed by atoms with Crippen molar-refractivity contribution in [3.8, 4) is 0 Å². The second-order valence-corrected chi connectivity index (χ2v) is 7.78. The van der Waals surface area contributed by atoms with Gasteiger partial charge in [0.15, 0.2) is 0 Å². The van der Waals surface area contributed by atoms with Gasteiger partial charge in [-0.1, -0.05) is 30.3 Å². The van der Waals surface area contributed by atoms with Crippen LogP contribution < -0.4 is 25.5 Å². The summed E-state index contributed by atoms with van der Waals surface area (Å²) in [7, 11) is 0. The number of carboxylic acid groups (broad SMARTS) is 5. The van der Waals surface area contributed by atoms with Crippen LogP contribution in [0.15, 0.2) is 30.3 Å². The molecule has 1 rings (SSSR count). The van der Waals surface area contributed by atoms with Gasteiger partial charge in [0.2, 0.25) is 0 Å². The zero-order chi connectivity index (χ0) is 27.1. The molecule has 1 aromatic rings. The van der Waals surface area contributed by atoms with Crippen molar-refractivity contribution >= 4 is 29.8 Å². The van der Waals surface area contributed by atoms with Gasteiger partial charge in [-0.25, -0.2) is 0 Å². The van der Waals surface area contributed by atoms with Gasteiger partial charge in [-0.15, -0.1) is 0 Å². The molecule has 0 spiro atoms. The van der Waals surface area contributed by atoms with Crippen LogP contribution in [0.25, 0.3) is 0 Å². The van der Waals surface area contributed by atoms with Gasteiger partial charge in [0.05, 0.1) is 49.1 Å². The first-order chi connectivity index (χ1) is 17.0. The summed E-state index contributed by atoms with van der Waals surface area (Å²) in [6.45, 7) is -4.27. The van der Waals surface area contributed by atoms with Crippen molar-refractivity contribution in [1.29, 1.82) is 0 Å². The fourth-order valence-corrected chi connectivity index (χ4v) is 3.28. The molecule has 1 atom stereocenters. The van der Waals surface area contributed by atoms with Gasteiger partial charge in [0, 0.05) is 92.3 Å². The minimum absolute atomic E-state index is 0. The number of benzene rings is 1. The topological polar surface area (TPSA) is 220 Å². The number of nitrogens with zero attached hydrogens (tertiary/aromatic N) is 3. The van der Waals surface area contributed by atoms with Gasteiger partial charge in [-0.2, -0.15) is 0 Å². The van der Waals surface area contributed by atoms with Gasteiger partial charge >= 0.3 is 0 Å². The maximum absolute atomic E-state index is 11.7. The van der Waals surface area contributed by atoms with E-state index in [0.29, 0.717) is 0 Å². The molecular formula is C22H26GdN3O11-5. The Balaban J connectivity index is 0.0000130. The molecule has 1 unspecified atom stereocenters. The molecule has 0 saturated heterocycles. The number of rotatable bonds is 20. The first-order valence-corrected chi connectivity index (χ1v) is 10.8. The molecular weight excluding hydrogens is 640 g/mol. The monoisotopic (exact) mass is 666 g/mol.